The third-order valence-electron chi connectivity index (χ3n) is 3.67. The van der Waals surface area contributed by atoms with Gasteiger partial charge in [-0.3, -0.25) is 9.59 Å². The van der Waals surface area contributed by atoms with Crippen molar-refractivity contribution in [3.63, 3.8) is 0 Å². The molecule has 0 saturated heterocycles. The predicted molar refractivity (Wildman–Crippen MR) is 106 cm³/mol. The number of sulfonamides is 1. The fourth-order valence-electron chi connectivity index (χ4n) is 2.46. The number of hydrogen-bond acceptors (Lipinski definition) is 6. The highest BCUT2D eigenvalue weighted by molar-refractivity contribution is 9.10. The van der Waals surface area contributed by atoms with Gasteiger partial charge in [0.15, 0.2) is 22.0 Å². The summed E-state index contributed by atoms with van der Waals surface area (Å²) in [6.07, 6.45) is -3.65. The van der Waals surface area contributed by atoms with Crippen LogP contribution in [0.1, 0.15) is 5.69 Å². The lowest BCUT2D eigenvalue weighted by Crippen LogP contribution is -2.45. The second-order valence-corrected chi connectivity index (χ2v) is 8.90. The number of nitrogens with two attached hydrogens (primary N) is 1. The number of anilines is 1. The van der Waals surface area contributed by atoms with E-state index in [4.69, 9.17) is 5.84 Å². The molecular formula is C15H10AlBrF4N4O5S. The molecule has 31 heavy (non-hydrogen) atoms. The van der Waals surface area contributed by atoms with Crippen LogP contribution in [-0.2, 0) is 21.0 Å². The Morgan fingerprint density at radius 3 is 2.32 bits per heavy atom. The molecule has 1 aromatic heterocycles. The molecule has 0 aliphatic rings. The summed E-state index contributed by atoms with van der Waals surface area (Å²) >= 11 is 4.92. The third kappa shape index (κ3) is 4.92. The third-order valence-corrected chi connectivity index (χ3v) is 5.54. The molecule has 0 spiro atoms. The quantitative estimate of drug-likeness (QED) is 0.262. The van der Waals surface area contributed by atoms with Gasteiger partial charge in [0.2, 0.25) is 10.0 Å². The SMILES string of the molecule is CS(=O)(=O)N(C(=O)/C=[CH]/[Al])c1cc(-n2c(=O)cc(C(F)(F)F)n(N)c2=O)c(F)cc1Br. The van der Waals surface area contributed by atoms with Crippen LogP contribution in [0, 0.1) is 5.82 Å². The maximum atomic E-state index is 14.6. The lowest BCUT2D eigenvalue weighted by molar-refractivity contribution is -0.143. The van der Waals surface area contributed by atoms with E-state index >= 15 is 0 Å². The molecule has 2 N–H and O–H groups in total. The first-order chi connectivity index (χ1) is 14.1. The fraction of sp³-hybridized carbons (Fsp3) is 0.133. The summed E-state index contributed by atoms with van der Waals surface area (Å²) in [6.45, 7) is 0. The molecule has 1 aromatic carbocycles. The number of halogens is 5. The van der Waals surface area contributed by atoms with E-state index in [1.54, 1.807) is 0 Å². The number of alkyl halides is 3. The number of nitrogens with zero attached hydrogens (tertiary/aromatic N) is 3. The lowest BCUT2D eigenvalue weighted by Gasteiger charge is -2.22. The molecule has 1 amide bonds. The molecule has 164 valence electrons. The zero-order valence-corrected chi connectivity index (χ0v) is 18.8. The highest BCUT2D eigenvalue weighted by atomic mass is 79.9. The van der Waals surface area contributed by atoms with Crippen LogP contribution in [0.5, 0.6) is 0 Å². The second kappa shape index (κ2) is 8.61. The van der Waals surface area contributed by atoms with E-state index in [-0.39, 0.29) is 19.4 Å². The first kappa shape index (κ1) is 24.9. The van der Waals surface area contributed by atoms with Crippen molar-refractivity contribution in [2.45, 2.75) is 6.18 Å². The summed E-state index contributed by atoms with van der Waals surface area (Å²) in [5.74, 6) is 2.75. The van der Waals surface area contributed by atoms with Gasteiger partial charge in [-0.2, -0.15) is 18.1 Å². The molecule has 2 rings (SSSR count). The zero-order valence-electron chi connectivity index (χ0n) is 15.2. The first-order valence-electron chi connectivity index (χ1n) is 7.74. The van der Waals surface area contributed by atoms with Crippen molar-refractivity contribution in [3.05, 3.63) is 66.0 Å². The van der Waals surface area contributed by atoms with Crippen molar-refractivity contribution in [2.75, 3.05) is 16.4 Å². The van der Waals surface area contributed by atoms with Gasteiger partial charge in [-0.25, -0.2) is 31.2 Å². The molecule has 2 aromatic rings. The Bertz CT molecular complexity index is 1320. The largest absolute Gasteiger partial charge is 0.433 e. The summed E-state index contributed by atoms with van der Waals surface area (Å²) in [6, 6.07) is 1.23. The van der Waals surface area contributed by atoms with Crippen LogP contribution in [0.3, 0.4) is 0 Å². The van der Waals surface area contributed by atoms with E-state index in [1.165, 1.54) is 0 Å². The van der Waals surface area contributed by atoms with Crippen LogP contribution in [0.2, 0.25) is 0 Å². The highest BCUT2D eigenvalue weighted by Crippen LogP contribution is 2.32. The Hall–Kier alpha value is -2.41. The molecule has 2 radical (unpaired) electrons. The van der Waals surface area contributed by atoms with Gasteiger partial charge in [0.25, 0.3) is 11.5 Å². The average molecular weight is 541 g/mol. The zero-order chi connectivity index (χ0) is 23.9. The number of nitrogen functional groups attached to an aromatic ring is 1. The summed E-state index contributed by atoms with van der Waals surface area (Å²) in [5.41, 5.74) is -6.57. The lowest BCUT2D eigenvalue weighted by atomic mass is 10.2. The Morgan fingerprint density at radius 1 is 1.26 bits per heavy atom. The molecule has 0 aliphatic carbocycles. The van der Waals surface area contributed by atoms with E-state index in [9.17, 15) is 40.4 Å². The minimum Gasteiger partial charge on any atom is -0.335 e. The first-order valence-corrected chi connectivity index (χ1v) is 11.1. The Kier molecular flexibility index (Phi) is 6.91. The topological polar surface area (TPSA) is 124 Å². The fourth-order valence-corrected chi connectivity index (χ4v) is 4.13. The number of rotatable bonds is 4. The smallest absolute Gasteiger partial charge is 0.335 e. The van der Waals surface area contributed by atoms with Gasteiger partial charge in [0.05, 0.1) is 17.6 Å². The van der Waals surface area contributed by atoms with Crippen molar-refractivity contribution in [1.82, 2.24) is 9.24 Å². The van der Waals surface area contributed by atoms with E-state index in [0.717, 1.165) is 11.0 Å². The molecule has 0 atom stereocenters. The molecule has 9 nitrogen and oxygen atoms in total. The van der Waals surface area contributed by atoms with E-state index in [2.05, 4.69) is 15.9 Å². The number of hydrogen-bond donors (Lipinski definition) is 1. The van der Waals surface area contributed by atoms with Crippen LogP contribution in [0.25, 0.3) is 5.69 Å². The number of benzene rings is 1. The van der Waals surface area contributed by atoms with E-state index < -0.39 is 60.9 Å². The van der Waals surface area contributed by atoms with Crippen LogP contribution in [0.15, 0.2) is 43.3 Å². The van der Waals surface area contributed by atoms with Crippen LogP contribution in [0.4, 0.5) is 23.2 Å². The molecule has 0 saturated carbocycles. The van der Waals surface area contributed by atoms with Crippen LogP contribution < -0.4 is 21.4 Å². The molecule has 0 fully saturated rings. The van der Waals surface area contributed by atoms with Crippen molar-refractivity contribution >= 4 is 53.8 Å². The van der Waals surface area contributed by atoms with E-state index in [0.29, 0.717) is 18.4 Å². The second-order valence-electron chi connectivity index (χ2n) is 5.83. The minimum absolute atomic E-state index is 0.0287. The van der Waals surface area contributed by atoms with Crippen molar-refractivity contribution in [3.8, 4) is 5.69 Å². The minimum atomic E-state index is -5.15. The van der Waals surface area contributed by atoms with Gasteiger partial charge in [0, 0.05) is 10.5 Å². The number of carbonyl (C=O) groups is 1. The Balaban J connectivity index is 2.92. The van der Waals surface area contributed by atoms with Gasteiger partial charge in [-0.1, -0.05) is 0 Å². The maximum absolute atomic E-state index is 14.6. The molecule has 0 aliphatic heterocycles. The molecule has 1 heterocycles. The summed E-state index contributed by atoms with van der Waals surface area (Å²) in [5, 5.41) is 0. The molecule has 16 heteroatoms. The summed E-state index contributed by atoms with van der Waals surface area (Å²) in [7, 11) is -4.30. The highest BCUT2D eigenvalue weighted by Gasteiger charge is 2.36. The molecular weight excluding hydrogens is 531 g/mol. The van der Waals surface area contributed by atoms with Crippen LogP contribution >= 0.6 is 15.9 Å². The normalized spacial score (nSPS) is 12.3. The standard InChI is InChI=1S/C15H10BrF4N4O5S.Al/c1-3-12(25)24(30(2,28)29)9-5-10(8(17)4-7(9)16)22-13(26)6-11(15(18,19)20)23(21)14(22)27;/h1,3-6H,21H2,2H3;. The van der Waals surface area contributed by atoms with Gasteiger partial charge in [-0.05, 0) is 34.1 Å². The van der Waals surface area contributed by atoms with Crippen LogP contribution in [-0.4, -0.2) is 46.1 Å². The van der Waals surface area contributed by atoms with Crippen molar-refractivity contribution in [1.29, 1.82) is 0 Å². The number of amides is 1. The summed E-state index contributed by atoms with van der Waals surface area (Å²) in [4.78, 5) is 37.9. The molecule has 0 bridgehead atoms. The average Bonchev–Trinajstić information content (AvgIpc) is 2.59. The summed E-state index contributed by atoms with van der Waals surface area (Å²) < 4.78 is 77.3. The monoisotopic (exact) mass is 540 g/mol. The van der Waals surface area contributed by atoms with Gasteiger partial charge in [0.1, 0.15) is 5.82 Å². The maximum Gasteiger partial charge on any atom is 0.433 e. The van der Waals surface area contributed by atoms with Gasteiger partial charge < -0.3 is 5.84 Å². The van der Waals surface area contributed by atoms with E-state index in [1.807, 2.05) is 16.3 Å². The number of carbonyl (C=O) groups excluding carboxylic acids is 1. The predicted octanol–water partition coefficient (Wildman–Crippen LogP) is 0.608. The van der Waals surface area contributed by atoms with Gasteiger partial charge in [-0.15, -0.1) is 0 Å². The Labute approximate surface area is 187 Å². The van der Waals surface area contributed by atoms with Gasteiger partial charge >= 0.3 is 11.9 Å². The van der Waals surface area contributed by atoms with Crippen molar-refractivity contribution in [2.24, 2.45) is 0 Å². The molecule has 0 unspecified atom stereocenters. The van der Waals surface area contributed by atoms with Crippen molar-refractivity contribution < 1.29 is 30.8 Å². The Morgan fingerprint density at radius 2 is 1.84 bits per heavy atom. The number of aromatic nitrogens is 2.